The van der Waals surface area contributed by atoms with Gasteiger partial charge in [0.15, 0.2) is 11.5 Å². The highest BCUT2D eigenvalue weighted by atomic mass is 35.5. The average Bonchev–Trinajstić information content (AvgIpc) is 3.01. The molecule has 0 saturated heterocycles. The molecule has 224 valence electrons. The van der Waals surface area contributed by atoms with Crippen molar-refractivity contribution in [1.82, 2.24) is 10.2 Å². The van der Waals surface area contributed by atoms with Gasteiger partial charge < -0.3 is 19.7 Å². The highest BCUT2D eigenvalue weighted by Gasteiger charge is 2.34. The van der Waals surface area contributed by atoms with Crippen molar-refractivity contribution in [2.45, 2.75) is 50.6 Å². The van der Waals surface area contributed by atoms with E-state index in [0.29, 0.717) is 42.7 Å². The van der Waals surface area contributed by atoms with Gasteiger partial charge in [-0.1, -0.05) is 62.2 Å². The van der Waals surface area contributed by atoms with Crippen molar-refractivity contribution < 1.29 is 27.5 Å². The van der Waals surface area contributed by atoms with Gasteiger partial charge in [-0.15, -0.1) is 0 Å². The number of sulfonamides is 1. The summed E-state index contributed by atoms with van der Waals surface area (Å²) in [6.07, 6.45) is 2.06. The SMILES string of the molecule is CCCCNC(=O)C(CC)N(Cc1ccc(Cl)cc1)C(=O)CN(c1ccc2c(c1)OCCO2)S(=O)(=O)c1ccccc1. The van der Waals surface area contributed by atoms with Crippen LogP contribution in [0.3, 0.4) is 0 Å². The summed E-state index contributed by atoms with van der Waals surface area (Å²) in [7, 11) is -4.19. The maximum absolute atomic E-state index is 14.2. The highest BCUT2D eigenvalue weighted by molar-refractivity contribution is 7.92. The van der Waals surface area contributed by atoms with Crippen molar-refractivity contribution in [2.24, 2.45) is 0 Å². The summed E-state index contributed by atoms with van der Waals surface area (Å²) < 4.78 is 40.4. The average molecular weight is 614 g/mol. The molecule has 0 saturated carbocycles. The lowest BCUT2D eigenvalue weighted by atomic mass is 10.1. The number of carbonyl (C=O) groups is 2. The molecule has 1 heterocycles. The van der Waals surface area contributed by atoms with Crippen molar-refractivity contribution in [3.8, 4) is 11.5 Å². The first kappa shape index (κ1) is 31.2. The molecule has 9 nitrogen and oxygen atoms in total. The van der Waals surface area contributed by atoms with E-state index in [0.717, 1.165) is 22.7 Å². The molecule has 2 amide bonds. The Balaban J connectivity index is 1.72. The van der Waals surface area contributed by atoms with E-state index in [4.69, 9.17) is 21.1 Å². The first-order valence-electron chi connectivity index (χ1n) is 14.0. The van der Waals surface area contributed by atoms with Crippen LogP contribution < -0.4 is 19.1 Å². The van der Waals surface area contributed by atoms with Gasteiger partial charge in [-0.2, -0.15) is 0 Å². The van der Waals surface area contributed by atoms with Crippen molar-refractivity contribution in [1.29, 1.82) is 0 Å². The third-order valence-electron chi connectivity index (χ3n) is 6.91. The number of nitrogens with zero attached hydrogens (tertiary/aromatic N) is 2. The number of carbonyl (C=O) groups excluding carboxylic acids is 2. The molecule has 1 aliphatic rings. The fourth-order valence-corrected chi connectivity index (χ4v) is 6.20. The Kier molecular flexibility index (Phi) is 10.7. The van der Waals surface area contributed by atoms with Crippen LogP contribution in [0.4, 0.5) is 5.69 Å². The van der Waals surface area contributed by atoms with Crippen LogP contribution in [-0.2, 0) is 26.2 Å². The summed E-state index contributed by atoms with van der Waals surface area (Å²) >= 11 is 6.08. The second-order valence-corrected chi connectivity index (χ2v) is 12.2. The smallest absolute Gasteiger partial charge is 0.264 e. The third-order valence-corrected chi connectivity index (χ3v) is 8.95. The van der Waals surface area contributed by atoms with E-state index in [1.807, 2.05) is 13.8 Å². The zero-order valence-corrected chi connectivity index (χ0v) is 25.4. The molecular weight excluding hydrogens is 578 g/mol. The normalized spacial score (nSPS) is 13.2. The topological polar surface area (TPSA) is 105 Å². The Morgan fingerprint density at radius 1 is 0.952 bits per heavy atom. The standard InChI is InChI=1S/C31H36ClN3O6S/c1-3-5-17-33-31(37)27(4-2)34(21-23-11-13-24(32)14-12-23)30(36)22-35(42(38,39)26-9-7-6-8-10-26)25-15-16-28-29(20-25)41-19-18-40-28/h6-16,20,27H,3-5,17-19,21-22H2,1-2H3,(H,33,37). The van der Waals surface area contributed by atoms with Crippen molar-refractivity contribution >= 4 is 39.1 Å². The lowest BCUT2D eigenvalue weighted by molar-refractivity contribution is -0.140. The molecule has 0 fully saturated rings. The molecule has 42 heavy (non-hydrogen) atoms. The Hall–Kier alpha value is -3.76. The molecule has 0 bridgehead atoms. The summed E-state index contributed by atoms with van der Waals surface area (Å²) in [5, 5.41) is 3.47. The van der Waals surface area contributed by atoms with Gasteiger partial charge in [-0.25, -0.2) is 8.42 Å². The third kappa shape index (κ3) is 7.54. The van der Waals surface area contributed by atoms with Crippen molar-refractivity contribution in [3.05, 3.63) is 83.4 Å². The molecule has 0 radical (unpaired) electrons. The van der Waals surface area contributed by atoms with E-state index in [2.05, 4.69) is 5.32 Å². The Morgan fingerprint density at radius 3 is 2.31 bits per heavy atom. The molecule has 0 spiro atoms. The summed E-state index contributed by atoms with van der Waals surface area (Å²) in [4.78, 5) is 28.9. The summed E-state index contributed by atoms with van der Waals surface area (Å²) in [6, 6.07) is 18.9. The molecule has 1 unspecified atom stereocenters. The lowest BCUT2D eigenvalue weighted by Gasteiger charge is -2.33. The minimum absolute atomic E-state index is 0.0290. The minimum Gasteiger partial charge on any atom is -0.486 e. The van der Waals surface area contributed by atoms with Gasteiger partial charge in [0.25, 0.3) is 10.0 Å². The number of unbranched alkanes of at least 4 members (excludes halogenated alkanes) is 1. The van der Waals surface area contributed by atoms with E-state index in [1.165, 1.54) is 17.0 Å². The maximum Gasteiger partial charge on any atom is 0.264 e. The Labute approximate surface area is 252 Å². The number of anilines is 1. The molecule has 1 aliphatic heterocycles. The van der Waals surface area contributed by atoms with Crippen LogP contribution in [0.25, 0.3) is 0 Å². The molecule has 3 aromatic rings. The molecule has 4 rings (SSSR count). The summed E-state index contributed by atoms with van der Waals surface area (Å²) in [5.74, 6) is 0.0636. The first-order chi connectivity index (χ1) is 20.2. The van der Waals surface area contributed by atoms with Crippen molar-refractivity contribution in [3.63, 3.8) is 0 Å². The highest BCUT2D eigenvalue weighted by Crippen LogP contribution is 2.36. The number of ether oxygens (including phenoxy) is 2. The molecule has 3 aromatic carbocycles. The quantitative estimate of drug-likeness (QED) is 0.271. The zero-order chi connectivity index (χ0) is 30.1. The molecular formula is C31H36ClN3O6S. The van der Waals surface area contributed by atoms with Crippen LogP contribution in [0, 0.1) is 0 Å². The van der Waals surface area contributed by atoms with Crippen LogP contribution in [0.2, 0.25) is 5.02 Å². The van der Waals surface area contributed by atoms with Crippen LogP contribution in [-0.4, -0.2) is 57.5 Å². The first-order valence-corrected chi connectivity index (χ1v) is 15.9. The fraction of sp³-hybridized carbons (Fsp3) is 0.355. The van der Waals surface area contributed by atoms with E-state index in [-0.39, 0.29) is 23.0 Å². The van der Waals surface area contributed by atoms with Gasteiger partial charge in [-0.3, -0.25) is 13.9 Å². The summed E-state index contributed by atoms with van der Waals surface area (Å²) in [5.41, 5.74) is 0.993. The number of fused-ring (bicyclic) bond motifs is 1. The fourth-order valence-electron chi connectivity index (χ4n) is 4.65. The molecule has 1 atom stereocenters. The number of hydrogen-bond donors (Lipinski definition) is 1. The van der Waals surface area contributed by atoms with Gasteiger partial charge in [-0.05, 0) is 54.8 Å². The number of hydrogen-bond acceptors (Lipinski definition) is 6. The molecule has 0 aromatic heterocycles. The van der Waals surface area contributed by atoms with Gasteiger partial charge in [0.05, 0.1) is 10.6 Å². The predicted molar refractivity (Wildman–Crippen MR) is 162 cm³/mol. The monoisotopic (exact) mass is 613 g/mol. The molecule has 1 N–H and O–H groups in total. The predicted octanol–water partition coefficient (Wildman–Crippen LogP) is 5.03. The van der Waals surface area contributed by atoms with E-state index >= 15 is 0 Å². The molecule has 0 aliphatic carbocycles. The number of halogens is 1. The number of rotatable bonds is 13. The van der Waals surface area contributed by atoms with Gasteiger partial charge in [0, 0.05) is 24.2 Å². The van der Waals surface area contributed by atoms with E-state index in [9.17, 15) is 18.0 Å². The van der Waals surface area contributed by atoms with E-state index in [1.54, 1.807) is 60.7 Å². The van der Waals surface area contributed by atoms with Crippen LogP contribution in [0.1, 0.15) is 38.7 Å². The number of amides is 2. The van der Waals surface area contributed by atoms with Crippen molar-refractivity contribution in [2.75, 3.05) is 30.6 Å². The zero-order valence-electron chi connectivity index (χ0n) is 23.8. The van der Waals surface area contributed by atoms with Crippen LogP contribution in [0.15, 0.2) is 77.7 Å². The Bertz CT molecular complexity index is 1470. The van der Waals surface area contributed by atoms with Crippen LogP contribution >= 0.6 is 11.6 Å². The number of benzene rings is 3. The minimum atomic E-state index is -4.19. The second-order valence-electron chi connectivity index (χ2n) is 9.87. The van der Waals surface area contributed by atoms with Gasteiger partial charge >= 0.3 is 0 Å². The lowest BCUT2D eigenvalue weighted by Crippen LogP contribution is -2.52. The second kappa shape index (κ2) is 14.4. The van der Waals surface area contributed by atoms with Gasteiger partial charge in [0.2, 0.25) is 11.8 Å². The van der Waals surface area contributed by atoms with Gasteiger partial charge in [0.1, 0.15) is 25.8 Å². The van der Waals surface area contributed by atoms with Crippen LogP contribution in [0.5, 0.6) is 11.5 Å². The maximum atomic E-state index is 14.2. The number of nitrogens with one attached hydrogen (secondary N) is 1. The largest absolute Gasteiger partial charge is 0.486 e. The van der Waals surface area contributed by atoms with E-state index < -0.39 is 28.5 Å². The molecule has 11 heteroatoms. The Morgan fingerprint density at radius 2 is 1.64 bits per heavy atom. The summed E-state index contributed by atoms with van der Waals surface area (Å²) in [6.45, 7) is 4.60.